The highest BCUT2D eigenvalue weighted by molar-refractivity contribution is 5.78. The molecule has 0 rings (SSSR count). The molecule has 0 bridgehead atoms. The van der Waals surface area contributed by atoms with Gasteiger partial charge in [0.05, 0.1) is 0 Å². The lowest BCUT2D eigenvalue weighted by Gasteiger charge is -2.20. The predicted octanol–water partition coefficient (Wildman–Crippen LogP) is 0.592. The Labute approximate surface area is 92.4 Å². The molecule has 0 heterocycles. The monoisotopic (exact) mass is 216 g/mol. The Morgan fingerprint density at radius 3 is 2.60 bits per heavy atom. The SMILES string of the molecule is CC(CCN)C(=O)N(C)CCCCCO. The van der Waals surface area contributed by atoms with Crippen LogP contribution in [0, 0.1) is 5.92 Å². The molecule has 1 unspecified atom stereocenters. The van der Waals surface area contributed by atoms with Crippen molar-refractivity contribution in [2.75, 3.05) is 26.7 Å². The fourth-order valence-corrected chi connectivity index (χ4v) is 1.50. The van der Waals surface area contributed by atoms with Gasteiger partial charge >= 0.3 is 0 Å². The van der Waals surface area contributed by atoms with Crippen LogP contribution in [0.1, 0.15) is 32.6 Å². The summed E-state index contributed by atoms with van der Waals surface area (Å²) in [4.78, 5) is 13.5. The molecule has 0 saturated heterocycles. The predicted molar refractivity (Wildman–Crippen MR) is 61.4 cm³/mol. The fourth-order valence-electron chi connectivity index (χ4n) is 1.50. The number of amides is 1. The quantitative estimate of drug-likeness (QED) is 0.584. The summed E-state index contributed by atoms with van der Waals surface area (Å²) in [5, 5.41) is 8.60. The van der Waals surface area contributed by atoms with Gasteiger partial charge in [0.15, 0.2) is 0 Å². The van der Waals surface area contributed by atoms with E-state index in [1.165, 1.54) is 0 Å². The molecular weight excluding hydrogens is 192 g/mol. The molecule has 0 spiro atoms. The van der Waals surface area contributed by atoms with E-state index in [0.717, 1.165) is 32.2 Å². The van der Waals surface area contributed by atoms with Crippen LogP contribution in [0.3, 0.4) is 0 Å². The summed E-state index contributed by atoms with van der Waals surface area (Å²) >= 11 is 0. The first-order valence-corrected chi connectivity index (χ1v) is 5.69. The Hall–Kier alpha value is -0.610. The number of unbranched alkanes of at least 4 members (excludes halogenated alkanes) is 2. The highest BCUT2D eigenvalue weighted by atomic mass is 16.2. The van der Waals surface area contributed by atoms with Crippen molar-refractivity contribution in [2.24, 2.45) is 11.7 Å². The van der Waals surface area contributed by atoms with E-state index in [1.807, 2.05) is 14.0 Å². The molecule has 3 N–H and O–H groups in total. The summed E-state index contributed by atoms with van der Waals surface area (Å²) in [6.45, 7) is 3.49. The second-order valence-electron chi connectivity index (χ2n) is 4.02. The fraction of sp³-hybridized carbons (Fsp3) is 0.909. The number of rotatable bonds is 8. The third-order valence-corrected chi connectivity index (χ3v) is 2.55. The van der Waals surface area contributed by atoms with Gasteiger partial charge in [-0.3, -0.25) is 4.79 Å². The molecule has 0 aromatic rings. The molecule has 0 radical (unpaired) electrons. The highest BCUT2D eigenvalue weighted by Crippen LogP contribution is 2.06. The van der Waals surface area contributed by atoms with Crippen molar-refractivity contribution in [1.82, 2.24) is 4.90 Å². The van der Waals surface area contributed by atoms with Crippen LogP contribution in [-0.2, 0) is 4.79 Å². The molecule has 0 saturated carbocycles. The lowest BCUT2D eigenvalue weighted by Crippen LogP contribution is -2.33. The van der Waals surface area contributed by atoms with Gasteiger partial charge in [0.2, 0.25) is 5.91 Å². The molecule has 90 valence electrons. The van der Waals surface area contributed by atoms with Gasteiger partial charge in [0.1, 0.15) is 0 Å². The maximum absolute atomic E-state index is 11.7. The third-order valence-electron chi connectivity index (χ3n) is 2.55. The van der Waals surface area contributed by atoms with Crippen LogP contribution in [0.15, 0.2) is 0 Å². The van der Waals surface area contributed by atoms with E-state index in [0.29, 0.717) is 6.54 Å². The van der Waals surface area contributed by atoms with Crippen LogP contribution in [0.2, 0.25) is 0 Å². The van der Waals surface area contributed by atoms with Crippen LogP contribution >= 0.6 is 0 Å². The van der Waals surface area contributed by atoms with E-state index in [9.17, 15) is 4.79 Å². The van der Waals surface area contributed by atoms with Gasteiger partial charge in [-0.25, -0.2) is 0 Å². The largest absolute Gasteiger partial charge is 0.396 e. The molecule has 4 nitrogen and oxygen atoms in total. The van der Waals surface area contributed by atoms with Gasteiger partial charge in [-0.1, -0.05) is 6.92 Å². The molecular formula is C11H24N2O2. The molecule has 1 atom stereocenters. The zero-order valence-electron chi connectivity index (χ0n) is 9.91. The van der Waals surface area contributed by atoms with Gasteiger partial charge in [0.25, 0.3) is 0 Å². The van der Waals surface area contributed by atoms with Crippen LogP contribution in [-0.4, -0.2) is 42.7 Å². The van der Waals surface area contributed by atoms with E-state index in [1.54, 1.807) is 4.90 Å². The molecule has 0 aromatic heterocycles. The van der Waals surface area contributed by atoms with Crippen LogP contribution in [0.4, 0.5) is 0 Å². The van der Waals surface area contributed by atoms with Gasteiger partial charge < -0.3 is 15.7 Å². The maximum atomic E-state index is 11.7. The zero-order valence-corrected chi connectivity index (χ0v) is 9.91. The number of hydrogen-bond acceptors (Lipinski definition) is 3. The first kappa shape index (κ1) is 14.4. The maximum Gasteiger partial charge on any atom is 0.225 e. The number of nitrogens with two attached hydrogens (primary N) is 1. The second-order valence-corrected chi connectivity index (χ2v) is 4.02. The summed E-state index contributed by atoms with van der Waals surface area (Å²) in [6.07, 6.45) is 3.50. The second kappa shape index (κ2) is 8.68. The molecule has 0 fully saturated rings. The standard InChI is InChI=1S/C11H24N2O2/c1-10(6-7-12)11(15)13(2)8-4-3-5-9-14/h10,14H,3-9,12H2,1-2H3. The summed E-state index contributed by atoms with van der Waals surface area (Å²) in [5.41, 5.74) is 5.41. The minimum Gasteiger partial charge on any atom is -0.396 e. The Morgan fingerprint density at radius 1 is 1.40 bits per heavy atom. The van der Waals surface area contributed by atoms with Crippen molar-refractivity contribution in [2.45, 2.75) is 32.6 Å². The average Bonchev–Trinajstić information content (AvgIpc) is 2.23. The van der Waals surface area contributed by atoms with E-state index < -0.39 is 0 Å². The minimum atomic E-state index is 0.0258. The Morgan fingerprint density at radius 2 is 2.07 bits per heavy atom. The van der Waals surface area contributed by atoms with Crippen LogP contribution in [0.25, 0.3) is 0 Å². The number of carbonyl (C=O) groups is 1. The molecule has 1 amide bonds. The van der Waals surface area contributed by atoms with Gasteiger partial charge in [0, 0.05) is 26.1 Å². The Balaban J connectivity index is 3.68. The molecule has 15 heavy (non-hydrogen) atoms. The number of nitrogens with zero attached hydrogens (tertiary/aromatic N) is 1. The number of carbonyl (C=O) groups excluding carboxylic acids is 1. The first-order valence-electron chi connectivity index (χ1n) is 5.69. The van der Waals surface area contributed by atoms with E-state index in [-0.39, 0.29) is 18.4 Å². The first-order chi connectivity index (χ1) is 7.13. The lowest BCUT2D eigenvalue weighted by molar-refractivity contribution is -0.133. The van der Waals surface area contributed by atoms with Crippen molar-refractivity contribution in [3.05, 3.63) is 0 Å². The summed E-state index contributed by atoms with van der Waals surface area (Å²) in [7, 11) is 1.83. The summed E-state index contributed by atoms with van der Waals surface area (Å²) < 4.78 is 0. The molecule has 0 aliphatic carbocycles. The summed E-state index contributed by atoms with van der Waals surface area (Å²) in [5.74, 6) is 0.197. The van der Waals surface area contributed by atoms with E-state index >= 15 is 0 Å². The highest BCUT2D eigenvalue weighted by Gasteiger charge is 2.15. The van der Waals surface area contributed by atoms with Crippen molar-refractivity contribution in [1.29, 1.82) is 0 Å². The Bertz CT molecular complexity index is 174. The third kappa shape index (κ3) is 6.47. The van der Waals surface area contributed by atoms with Crippen LogP contribution < -0.4 is 5.73 Å². The zero-order chi connectivity index (χ0) is 11.7. The van der Waals surface area contributed by atoms with E-state index in [4.69, 9.17) is 10.8 Å². The van der Waals surface area contributed by atoms with Gasteiger partial charge in [-0.15, -0.1) is 0 Å². The van der Waals surface area contributed by atoms with E-state index in [2.05, 4.69) is 0 Å². The average molecular weight is 216 g/mol. The van der Waals surface area contributed by atoms with Gasteiger partial charge in [-0.05, 0) is 32.2 Å². The van der Waals surface area contributed by atoms with Crippen molar-refractivity contribution >= 4 is 5.91 Å². The minimum absolute atomic E-state index is 0.0258. The molecule has 4 heteroatoms. The molecule has 0 aromatic carbocycles. The number of aliphatic hydroxyl groups is 1. The lowest BCUT2D eigenvalue weighted by atomic mass is 10.1. The van der Waals surface area contributed by atoms with Crippen molar-refractivity contribution in [3.63, 3.8) is 0 Å². The van der Waals surface area contributed by atoms with Gasteiger partial charge in [-0.2, -0.15) is 0 Å². The number of hydrogen-bond donors (Lipinski definition) is 2. The van der Waals surface area contributed by atoms with Crippen molar-refractivity contribution < 1.29 is 9.90 Å². The van der Waals surface area contributed by atoms with Crippen molar-refractivity contribution in [3.8, 4) is 0 Å². The topological polar surface area (TPSA) is 66.6 Å². The Kier molecular flexibility index (Phi) is 8.33. The number of aliphatic hydroxyl groups excluding tert-OH is 1. The molecule has 0 aliphatic rings. The molecule has 0 aliphatic heterocycles. The van der Waals surface area contributed by atoms with Crippen LogP contribution in [0.5, 0.6) is 0 Å². The summed E-state index contributed by atoms with van der Waals surface area (Å²) in [6, 6.07) is 0. The normalized spacial score (nSPS) is 12.5. The smallest absolute Gasteiger partial charge is 0.225 e.